The zero-order valence-electron chi connectivity index (χ0n) is 14.9. The number of halogens is 1. The van der Waals surface area contributed by atoms with Crippen LogP contribution in [0.25, 0.3) is 0 Å². The van der Waals surface area contributed by atoms with Gasteiger partial charge in [-0.1, -0.05) is 0 Å². The molecule has 2 rings (SSSR count). The van der Waals surface area contributed by atoms with Crippen molar-refractivity contribution in [2.45, 2.75) is 39.2 Å². The Hall–Kier alpha value is -2.31. The van der Waals surface area contributed by atoms with Gasteiger partial charge in [0.1, 0.15) is 17.2 Å². The van der Waals surface area contributed by atoms with Crippen LogP contribution in [0.1, 0.15) is 44.0 Å². The second-order valence-corrected chi connectivity index (χ2v) is 7.25. The lowest BCUT2D eigenvalue weighted by atomic mass is 9.99. The lowest BCUT2D eigenvalue weighted by molar-refractivity contribution is 0.0139. The maximum absolute atomic E-state index is 13.3. The van der Waals surface area contributed by atoms with Crippen molar-refractivity contribution in [2.75, 3.05) is 19.7 Å². The van der Waals surface area contributed by atoms with Gasteiger partial charge < -0.3 is 20.1 Å². The average Bonchev–Trinajstić information content (AvgIpc) is 2.52. The Kier molecular flexibility index (Phi) is 5.87. The minimum Gasteiger partial charge on any atom is -0.492 e. The fourth-order valence-electron chi connectivity index (χ4n) is 2.72. The van der Waals surface area contributed by atoms with E-state index in [1.54, 1.807) is 4.90 Å². The van der Waals surface area contributed by atoms with Crippen molar-refractivity contribution in [3.63, 3.8) is 0 Å². The van der Waals surface area contributed by atoms with Gasteiger partial charge in [-0.25, -0.2) is 9.18 Å². The summed E-state index contributed by atoms with van der Waals surface area (Å²) >= 11 is 0. The van der Waals surface area contributed by atoms with E-state index in [0.29, 0.717) is 19.7 Å². The lowest BCUT2D eigenvalue weighted by Crippen LogP contribution is -2.44. The largest absolute Gasteiger partial charge is 0.492 e. The molecule has 2 amide bonds. The third-order valence-electron chi connectivity index (χ3n) is 3.85. The molecule has 1 atom stereocenters. The maximum atomic E-state index is 13.3. The summed E-state index contributed by atoms with van der Waals surface area (Å²) < 4.78 is 24.3. The van der Waals surface area contributed by atoms with Crippen molar-refractivity contribution in [2.24, 2.45) is 11.7 Å². The molecule has 0 aliphatic carbocycles. The first kappa shape index (κ1) is 19.0. The van der Waals surface area contributed by atoms with Gasteiger partial charge in [-0.3, -0.25) is 4.79 Å². The number of likely N-dealkylation sites (tertiary alicyclic amines) is 1. The van der Waals surface area contributed by atoms with Gasteiger partial charge in [0, 0.05) is 19.0 Å². The fraction of sp³-hybridized carbons (Fsp3) is 0.556. The highest BCUT2D eigenvalue weighted by Gasteiger charge is 2.28. The number of carbonyl (C=O) groups excluding carboxylic acids is 2. The summed E-state index contributed by atoms with van der Waals surface area (Å²) in [6, 6.07) is 3.67. The van der Waals surface area contributed by atoms with E-state index >= 15 is 0 Å². The zero-order chi connectivity index (χ0) is 18.6. The summed E-state index contributed by atoms with van der Waals surface area (Å²) in [4.78, 5) is 25.2. The standard InChI is InChI=1S/C18H25FN2O4/c1-18(2,3)25-17(23)21-8-4-5-12(10-21)11-24-15-7-6-13(19)9-14(15)16(20)22/h6-7,9,12H,4-5,8,10-11H2,1-3H3,(H2,20,22). The van der Waals surface area contributed by atoms with E-state index in [1.165, 1.54) is 12.1 Å². The number of rotatable bonds is 4. The topological polar surface area (TPSA) is 81.9 Å². The number of piperidine rings is 1. The summed E-state index contributed by atoms with van der Waals surface area (Å²) in [7, 11) is 0. The van der Waals surface area contributed by atoms with Gasteiger partial charge in [0.25, 0.3) is 5.91 Å². The van der Waals surface area contributed by atoms with E-state index in [1.807, 2.05) is 20.8 Å². The van der Waals surface area contributed by atoms with Crippen LogP contribution in [-0.4, -0.2) is 42.2 Å². The number of nitrogens with two attached hydrogens (primary N) is 1. The molecule has 0 aromatic heterocycles. The molecule has 1 saturated heterocycles. The Morgan fingerprint density at radius 1 is 1.36 bits per heavy atom. The third-order valence-corrected chi connectivity index (χ3v) is 3.85. The first-order valence-corrected chi connectivity index (χ1v) is 8.36. The molecule has 7 heteroatoms. The first-order chi connectivity index (χ1) is 11.7. The number of primary amides is 1. The van der Waals surface area contributed by atoms with E-state index in [-0.39, 0.29) is 23.3 Å². The predicted octanol–water partition coefficient (Wildman–Crippen LogP) is 2.95. The van der Waals surface area contributed by atoms with Crippen LogP contribution in [0.5, 0.6) is 5.75 Å². The van der Waals surface area contributed by atoms with Crippen LogP contribution in [0, 0.1) is 11.7 Å². The highest BCUT2D eigenvalue weighted by Crippen LogP contribution is 2.23. The number of hydrogen-bond acceptors (Lipinski definition) is 4. The highest BCUT2D eigenvalue weighted by molar-refractivity contribution is 5.95. The zero-order valence-corrected chi connectivity index (χ0v) is 14.9. The lowest BCUT2D eigenvalue weighted by Gasteiger charge is -2.34. The van der Waals surface area contributed by atoms with Crippen LogP contribution in [0.3, 0.4) is 0 Å². The molecule has 1 aliphatic heterocycles. The quantitative estimate of drug-likeness (QED) is 0.903. The minimum absolute atomic E-state index is 0.0137. The summed E-state index contributed by atoms with van der Waals surface area (Å²) in [6.45, 7) is 6.96. The van der Waals surface area contributed by atoms with E-state index < -0.39 is 17.3 Å². The van der Waals surface area contributed by atoms with Crippen molar-refractivity contribution >= 4 is 12.0 Å². The van der Waals surface area contributed by atoms with E-state index in [9.17, 15) is 14.0 Å². The van der Waals surface area contributed by atoms with Crippen molar-refractivity contribution in [3.8, 4) is 5.75 Å². The van der Waals surface area contributed by atoms with Crippen LogP contribution in [0.4, 0.5) is 9.18 Å². The Morgan fingerprint density at radius 2 is 2.08 bits per heavy atom. The second kappa shape index (κ2) is 7.72. The van der Waals surface area contributed by atoms with Gasteiger partial charge in [-0.05, 0) is 51.8 Å². The second-order valence-electron chi connectivity index (χ2n) is 7.25. The molecule has 1 aromatic carbocycles. The third kappa shape index (κ3) is 5.62. The van der Waals surface area contributed by atoms with E-state index in [4.69, 9.17) is 15.2 Å². The van der Waals surface area contributed by atoms with Crippen LogP contribution < -0.4 is 10.5 Å². The van der Waals surface area contributed by atoms with Crippen LogP contribution in [-0.2, 0) is 4.74 Å². The normalized spacial score (nSPS) is 17.9. The monoisotopic (exact) mass is 352 g/mol. The number of ether oxygens (including phenoxy) is 2. The average molecular weight is 352 g/mol. The number of benzene rings is 1. The first-order valence-electron chi connectivity index (χ1n) is 8.36. The molecule has 1 heterocycles. The highest BCUT2D eigenvalue weighted by atomic mass is 19.1. The van der Waals surface area contributed by atoms with Crippen molar-refractivity contribution in [3.05, 3.63) is 29.6 Å². The molecular formula is C18H25FN2O4. The van der Waals surface area contributed by atoms with Crippen molar-refractivity contribution in [1.29, 1.82) is 0 Å². The number of nitrogens with zero attached hydrogens (tertiary/aromatic N) is 1. The molecule has 0 saturated carbocycles. The SMILES string of the molecule is CC(C)(C)OC(=O)N1CCCC(COc2ccc(F)cc2C(N)=O)C1. The molecular weight excluding hydrogens is 327 g/mol. The number of hydrogen-bond donors (Lipinski definition) is 1. The Morgan fingerprint density at radius 3 is 2.72 bits per heavy atom. The van der Waals surface area contributed by atoms with Gasteiger partial charge in [0.05, 0.1) is 12.2 Å². The van der Waals surface area contributed by atoms with Gasteiger partial charge in [-0.15, -0.1) is 0 Å². The van der Waals surface area contributed by atoms with Gasteiger partial charge in [-0.2, -0.15) is 0 Å². The summed E-state index contributed by atoms with van der Waals surface area (Å²) in [5, 5.41) is 0. The van der Waals surface area contributed by atoms with Gasteiger partial charge in [0.15, 0.2) is 0 Å². The molecule has 25 heavy (non-hydrogen) atoms. The smallest absolute Gasteiger partial charge is 0.410 e. The van der Waals surface area contributed by atoms with Gasteiger partial charge >= 0.3 is 6.09 Å². The molecule has 0 radical (unpaired) electrons. The molecule has 1 aliphatic rings. The molecule has 6 nitrogen and oxygen atoms in total. The fourth-order valence-corrected chi connectivity index (χ4v) is 2.72. The molecule has 1 aromatic rings. The Balaban J connectivity index is 1.95. The Bertz CT molecular complexity index is 642. The van der Waals surface area contributed by atoms with E-state index in [2.05, 4.69) is 0 Å². The van der Waals surface area contributed by atoms with Crippen LogP contribution >= 0.6 is 0 Å². The number of carbonyl (C=O) groups is 2. The van der Waals surface area contributed by atoms with Crippen molar-refractivity contribution in [1.82, 2.24) is 4.90 Å². The molecule has 0 spiro atoms. The molecule has 2 N–H and O–H groups in total. The molecule has 0 bridgehead atoms. The Labute approximate surface area is 147 Å². The minimum atomic E-state index is -0.742. The van der Waals surface area contributed by atoms with Crippen molar-refractivity contribution < 1.29 is 23.5 Å². The summed E-state index contributed by atoms with van der Waals surface area (Å²) in [6.07, 6.45) is 1.41. The molecule has 1 fully saturated rings. The van der Waals surface area contributed by atoms with Crippen LogP contribution in [0.2, 0.25) is 0 Å². The van der Waals surface area contributed by atoms with E-state index in [0.717, 1.165) is 18.9 Å². The van der Waals surface area contributed by atoms with Crippen LogP contribution in [0.15, 0.2) is 18.2 Å². The summed E-state index contributed by atoms with van der Waals surface area (Å²) in [5.74, 6) is -0.932. The molecule has 1 unspecified atom stereocenters. The number of amides is 2. The molecule has 138 valence electrons. The maximum Gasteiger partial charge on any atom is 0.410 e. The predicted molar refractivity (Wildman–Crippen MR) is 90.9 cm³/mol. The summed E-state index contributed by atoms with van der Waals surface area (Å²) in [5.41, 5.74) is 4.73. The van der Waals surface area contributed by atoms with Gasteiger partial charge in [0.2, 0.25) is 0 Å².